The normalized spacial score (nSPS) is 10.5. The molecule has 2 aromatic carbocycles. The fourth-order valence-corrected chi connectivity index (χ4v) is 2.20. The van der Waals surface area contributed by atoms with Crippen molar-refractivity contribution in [3.8, 4) is 0 Å². The van der Waals surface area contributed by atoms with Crippen LogP contribution in [0.4, 0.5) is 11.5 Å². The minimum absolute atomic E-state index is 0.527. The van der Waals surface area contributed by atoms with Crippen LogP contribution in [0.2, 0.25) is 10.0 Å². The predicted molar refractivity (Wildman–Crippen MR) is 83.2 cm³/mol. The molecule has 4 nitrogen and oxygen atoms in total. The van der Waals surface area contributed by atoms with Gasteiger partial charge in [-0.1, -0.05) is 35.3 Å². The number of hydrazine groups is 1. The molecule has 2 N–H and O–H groups in total. The first-order valence-electron chi connectivity index (χ1n) is 5.91. The molecule has 0 fully saturated rings. The average Bonchev–Trinajstić information content (AvgIpc) is 2.46. The number of hydrogen-bond donors (Lipinski definition) is 2. The summed E-state index contributed by atoms with van der Waals surface area (Å²) in [5.74, 6) is 0.606. The lowest BCUT2D eigenvalue weighted by atomic mass is 10.3. The van der Waals surface area contributed by atoms with Gasteiger partial charge in [-0.2, -0.15) is 0 Å². The summed E-state index contributed by atoms with van der Waals surface area (Å²) in [6.07, 6.45) is 1.65. The van der Waals surface area contributed by atoms with E-state index in [0.717, 1.165) is 11.0 Å². The highest BCUT2D eigenvalue weighted by Crippen LogP contribution is 2.25. The fraction of sp³-hybridized carbons (Fsp3) is 0. The minimum atomic E-state index is 0.527. The zero-order chi connectivity index (χ0) is 13.9. The van der Waals surface area contributed by atoms with Crippen LogP contribution in [0.3, 0.4) is 0 Å². The van der Waals surface area contributed by atoms with Crippen LogP contribution in [-0.2, 0) is 0 Å². The van der Waals surface area contributed by atoms with Gasteiger partial charge in [0.2, 0.25) is 0 Å². The van der Waals surface area contributed by atoms with Gasteiger partial charge in [0.1, 0.15) is 0 Å². The highest BCUT2D eigenvalue weighted by molar-refractivity contribution is 6.36. The number of fused-ring (bicyclic) bond motifs is 1. The molecule has 0 saturated heterocycles. The van der Waals surface area contributed by atoms with Crippen LogP contribution >= 0.6 is 23.2 Å². The Labute approximate surface area is 125 Å². The van der Waals surface area contributed by atoms with E-state index in [1.165, 1.54) is 0 Å². The lowest BCUT2D eigenvalue weighted by Gasteiger charge is -2.10. The minimum Gasteiger partial charge on any atom is -0.298 e. The van der Waals surface area contributed by atoms with Gasteiger partial charge in [0.05, 0.1) is 27.9 Å². The van der Waals surface area contributed by atoms with Crippen LogP contribution in [0.15, 0.2) is 48.7 Å². The van der Waals surface area contributed by atoms with Crippen molar-refractivity contribution < 1.29 is 0 Å². The number of rotatable bonds is 3. The van der Waals surface area contributed by atoms with E-state index in [4.69, 9.17) is 23.2 Å². The Morgan fingerprint density at radius 1 is 0.900 bits per heavy atom. The Kier molecular flexibility index (Phi) is 3.58. The van der Waals surface area contributed by atoms with E-state index in [0.29, 0.717) is 21.6 Å². The Bertz CT molecular complexity index is 761. The summed E-state index contributed by atoms with van der Waals surface area (Å²) in [4.78, 5) is 8.74. The van der Waals surface area contributed by atoms with Crippen molar-refractivity contribution in [3.05, 3.63) is 58.7 Å². The van der Waals surface area contributed by atoms with Crippen LogP contribution in [0, 0.1) is 0 Å². The summed E-state index contributed by atoms with van der Waals surface area (Å²) in [7, 11) is 0. The summed E-state index contributed by atoms with van der Waals surface area (Å²) < 4.78 is 0. The lowest BCUT2D eigenvalue weighted by Crippen LogP contribution is -2.10. The fourth-order valence-electron chi connectivity index (χ4n) is 1.74. The number of anilines is 2. The van der Waals surface area contributed by atoms with Crippen LogP contribution in [-0.4, -0.2) is 9.97 Å². The van der Waals surface area contributed by atoms with Crippen molar-refractivity contribution >= 4 is 45.7 Å². The van der Waals surface area contributed by atoms with Crippen molar-refractivity contribution in [3.63, 3.8) is 0 Å². The molecule has 0 spiro atoms. The summed E-state index contributed by atoms with van der Waals surface area (Å²) in [5, 5.41) is 1.12. The van der Waals surface area contributed by atoms with Gasteiger partial charge >= 0.3 is 0 Å². The molecule has 0 amide bonds. The molecule has 0 atom stereocenters. The Balaban J connectivity index is 1.79. The predicted octanol–water partition coefficient (Wildman–Crippen LogP) is 4.38. The van der Waals surface area contributed by atoms with Gasteiger partial charge in [-0.3, -0.25) is 15.8 Å². The molecule has 3 rings (SSSR count). The van der Waals surface area contributed by atoms with Crippen molar-refractivity contribution in [1.82, 2.24) is 9.97 Å². The van der Waals surface area contributed by atoms with Gasteiger partial charge in [-0.05, 0) is 30.3 Å². The van der Waals surface area contributed by atoms with Crippen LogP contribution in [0.25, 0.3) is 11.0 Å². The summed E-state index contributed by atoms with van der Waals surface area (Å²) in [6, 6.07) is 12.9. The largest absolute Gasteiger partial charge is 0.298 e. The molecule has 0 bridgehead atoms. The van der Waals surface area contributed by atoms with Crippen LogP contribution in [0.5, 0.6) is 0 Å². The quantitative estimate of drug-likeness (QED) is 0.705. The summed E-state index contributed by atoms with van der Waals surface area (Å²) in [6.45, 7) is 0. The van der Waals surface area contributed by atoms with E-state index in [2.05, 4.69) is 20.8 Å². The molecule has 0 aliphatic rings. The Morgan fingerprint density at radius 2 is 1.70 bits per heavy atom. The second-order valence-electron chi connectivity index (χ2n) is 4.12. The molecular formula is C14H10Cl2N4. The molecule has 0 saturated carbocycles. The lowest BCUT2D eigenvalue weighted by molar-refractivity contribution is 1.25. The molecular weight excluding hydrogens is 295 g/mol. The van der Waals surface area contributed by atoms with Gasteiger partial charge in [0.25, 0.3) is 0 Å². The highest BCUT2D eigenvalue weighted by Gasteiger charge is 2.02. The standard InChI is InChI=1S/C14H10Cl2N4/c15-9-5-6-11(10(16)7-9)19-20-14-8-17-12-3-1-2-4-13(12)18-14/h1-8,19H,(H,18,20). The molecule has 20 heavy (non-hydrogen) atoms. The molecule has 1 heterocycles. The maximum Gasteiger partial charge on any atom is 0.163 e. The molecule has 6 heteroatoms. The number of benzene rings is 2. The zero-order valence-electron chi connectivity index (χ0n) is 10.3. The number of nitrogens with zero attached hydrogens (tertiary/aromatic N) is 2. The van der Waals surface area contributed by atoms with Crippen molar-refractivity contribution in [1.29, 1.82) is 0 Å². The van der Waals surface area contributed by atoms with Crippen LogP contribution in [0.1, 0.15) is 0 Å². The maximum atomic E-state index is 6.07. The summed E-state index contributed by atoms with van der Waals surface area (Å²) in [5.41, 5.74) is 8.32. The molecule has 0 aliphatic heterocycles. The zero-order valence-corrected chi connectivity index (χ0v) is 11.8. The second kappa shape index (κ2) is 5.53. The monoisotopic (exact) mass is 304 g/mol. The first kappa shape index (κ1) is 13.0. The summed E-state index contributed by atoms with van der Waals surface area (Å²) >= 11 is 11.9. The van der Waals surface area contributed by atoms with Gasteiger partial charge in [0.15, 0.2) is 5.82 Å². The second-order valence-corrected chi connectivity index (χ2v) is 4.96. The van der Waals surface area contributed by atoms with E-state index in [1.807, 2.05) is 24.3 Å². The van der Waals surface area contributed by atoms with Crippen molar-refractivity contribution in [2.45, 2.75) is 0 Å². The van der Waals surface area contributed by atoms with E-state index < -0.39 is 0 Å². The maximum absolute atomic E-state index is 6.07. The van der Waals surface area contributed by atoms with E-state index >= 15 is 0 Å². The topological polar surface area (TPSA) is 49.8 Å². The molecule has 3 aromatic rings. The first-order chi connectivity index (χ1) is 9.72. The highest BCUT2D eigenvalue weighted by atomic mass is 35.5. The van der Waals surface area contributed by atoms with Gasteiger partial charge in [-0.25, -0.2) is 4.98 Å². The number of hydrogen-bond acceptors (Lipinski definition) is 4. The third kappa shape index (κ3) is 2.76. The SMILES string of the molecule is Clc1ccc(NNc2cnc3ccccc3n2)c(Cl)c1. The molecule has 100 valence electrons. The molecule has 0 radical (unpaired) electrons. The van der Waals surface area contributed by atoms with Crippen molar-refractivity contribution in [2.24, 2.45) is 0 Å². The number of aromatic nitrogens is 2. The number of halogens is 2. The van der Waals surface area contributed by atoms with Gasteiger partial charge < -0.3 is 0 Å². The third-order valence-electron chi connectivity index (χ3n) is 2.70. The van der Waals surface area contributed by atoms with Crippen LogP contribution < -0.4 is 10.9 Å². The Hall–Kier alpha value is -2.04. The third-order valence-corrected chi connectivity index (χ3v) is 3.25. The first-order valence-corrected chi connectivity index (χ1v) is 6.67. The van der Waals surface area contributed by atoms with Gasteiger partial charge in [-0.15, -0.1) is 0 Å². The number of nitrogens with one attached hydrogen (secondary N) is 2. The Morgan fingerprint density at radius 3 is 2.50 bits per heavy atom. The van der Waals surface area contributed by atoms with E-state index in [-0.39, 0.29) is 0 Å². The smallest absolute Gasteiger partial charge is 0.163 e. The van der Waals surface area contributed by atoms with Crippen molar-refractivity contribution in [2.75, 3.05) is 10.9 Å². The average molecular weight is 305 g/mol. The van der Waals surface area contributed by atoms with E-state index in [1.54, 1.807) is 24.4 Å². The molecule has 0 aliphatic carbocycles. The molecule has 1 aromatic heterocycles. The van der Waals surface area contributed by atoms with E-state index in [9.17, 15) is 0 Å². The van der Waals surface area contributed by atoms with Gasteiger partial charge in [0, 0.05) is 5.02 Å². The molecule has 0 unspecified atom stereocenters. The number of para-hydroxylation sites is 2.